The number of halogens is 1. The molecule has 1 aliphatic rings. The van der Waals surface area contributed by atoms with E-state index in [4.69, 9.17) is 15.2 Å². The van der Waals surface area contributed by atoms with Crippen molar-refractivity contribution >= 4 is 35.6 Å². The number of ether oxygens (including phenoxy) is 2. The van der Waals surface area contributed by atoms with Crippen molar-refractivity contribution in [2.45, 2.75) is 19.4 Å². The highest BCUT2D eigenvalue weighted by molar-refractivity contribution is 14.0. The first-order valence-corrected chi connectivity index (χ1v) is 11.0. The minimum atomic E-state index is 0. The Labute approximate surface area is 209 Å². The van der Waals surface area contributed by atoms with Gasteiger partial charge in [0.15, 0.2) is 17.5 Å². The van der Waals surface area contributed by atoms with Crippen molar-refractivity contribution in [3.8, 4) is 11.5 Å². The first-order chi connectivity index (χ1) is 15.2. The molecule has 0 atom stereocenters. The van der Waals surface area contributed by atoms with Gasteiger partial charge in [0.2, 0.25) is 0 Å². The molecule has 0 bridgehead atoms. The van der Waals surface area contributed by atoms with Crippen LogP contribution in [0.15, 0.2) is 53.5 Å². The zero-order valence-corrected chi connectivity index (χ0v) is 21.5. The lowest BCUT2D eigenvalue weighted by Crippen LogP contribution is -2.46. The van der Waals surface area contributed by atoms with Crippen LogP contribution in [0.2, 0.25) is 0 Å². The predicted octanol–water partition coefficient (Wildman–Crippen LogP) is 3.65. The summed E-state index contributed by atoms with van der Waals surface area (Å²) < 4.78 is 10.6. The fourth-order valence-corrected chi connectivity index (χ4v) is 3.76. The first kappa shape index (κ1) is 26.2. The molecular formula is C24H36IN5O2. The van der Waals surface area contributed by atoms with Crippen molar-refractivity contribution in [3.05, 3.63) is 54.1 Å². The predicted molar refractivity (Wildman–Crippen MR) is 142 cm³/mol. The second-order valence-corrected chi connectivity index (χ2v) is 7.77. The number of guanidine groups is 1. The van der Waals surface area contributed by atoms with Gasteiger partial charge in [0.05, 0.1) is 14.2 Å². The Hall–Kier alpha value is -2.04. The zero-order chi connectivity index (χ0) is 21.9. The number of rotatable bonds is 10. The summed E-state index contributed by atoms with van der Waals surface area (Å²) in [7, 11) is 3.23. The van der Waals surface area contributed by atoms with E-state index in [2.05, 4.69) is 50.4 Å². The molecule has 1 heterocycles. The molecule has 0 aliphatic carbocycles. The number of methoxy groups -OCH3 is 2. The Morgan fingerprint density at radius 3 is 2.31 bits per heavy atom. The molecule has 0 radical (unpaired) electrons. The van der Waals surface area contributed by atoms with Crippen LogP contribution in [0.25, 0.3) is 0 Å². The Balaban J connectivity index is 0.00000363. The van der Waals surface area contributed by atoms with E-state index in [1.807, 2.05) is 18.2 Å². The van der Waals surface area contributed by atoms with Gasteiger partial charge in [-0.3, -0.25) is 9.89 Å². The van der Waals surface area contributed by atoms with E-state index in [-0.39, 0.29) is 24.0 Å². The van der Waals surface area contributed by atoms with Crippen LogP contribution in [0.5, 0.6) is 11.5 Å². The Morgan fingerprint density at radius 1 is 0.938 bits per heavy atom. The van der Waals surface area contributed by atoms with E-state index in [0.29, 0.717) is 17.5 Å². The van der Waals surface area contributed by atoms with Crippen LogP contribution in [0.1, 0.15) is 18.4 Å². The summed E-state index contributed by atoms with van der Waals surface area (Å²) in [5.41, 5.74) is 8.24. The number of nitrogens with one attached hydrogen (secondary N) is 1. The summed E-state index contributed by atoms with van der Waals surface area (Å²) >= 11 is 0. The lowest BCUT2D eigenvalue weighted by atomic mass is 10.2. The maximum atomic E-state index is 6.02. The molecule has 0 unspecified atom stereocenters. The highest BCUT2D eigenvalue weighted by Gasteiger charge is 2.16. The van der Waals surface area contributed by atoms with Gasteiger partial charge in [-0.15, -0.1) is 24.0 Å². The smallest absolute Gasteiger partial charge is 0.193 e. The topological polar surface area (TPSA) is 75.4 Å². The van der Waals surface area contributed by atoms with Crippen LogP contribution in [0, 0.1) is 0 Å². The first-order valence-electron chi connectivity index (χ1n) is 11.0. The third-order valence-electron chi connectivity index (χ3n) is 5.53. The minimum absolute atomic E-state index is 0. The third kappa shape index (κ3) is 8.48. The van der Waals surface area contributed by atoms with Crippen LogP contribution in [-0.4, -0.2) is 69.2 Å². The largest absolute Gasteiger partial charge is 0.493 e. The minimum Gasteiger partial charge on any atom is -0.493 e. The van der Waals surface area contributed by atoms with Crippen LogP contribution >= 0.6 is 24.0 Å². The van der Waals surface area contributed by atoms with Gasteiger partial charge in [-0.05, 0) is 37.1 Å². The maximum Gasteiger partial charge on any atom is 0.193 e. The Morgan fingerprint density at radius 2 is 1.62 bits per heavy atom. The number of benzene rings is 2. The molecule has 7 nitrogen and oxygen atoms in total. The van der Waals surface area contributed by atoms with Gasteiger partial charge in [0.1, 0.15) is 0 Å². The second-order valence-electron chi connectivity index (χ2n) is 7.77. The van der Waals surface area contributed by atoms with Crippen molar-refractivity contribution < 1.29 is 9.47 Å². The molecule has 1 fully saturated rings. The van der Waals surface area contributed by atoms with Gasteiger partial charge in [-0.1, -0.05) is 30.3 Å². The molecule has 0 aromatic heterocycles. The van der Waals surface area contributed by atoms with Crippen LogP contribution in [0.3, 0.4) is 0 Å². The molecule has 2 aromatic rings. The summed E-state index contributed by atoms with van der Waals surface area (Å²) in [5, 5.41) is 3.11. The fraction of sp³-hybridized carbons (Fsp3) is 0.458. The fourth-order valence-electron chi connectivity index (χ4n) is 3.76. The van der Waals surface area contributed by atoms with Crippen molar-refractivity contribution in [1.82, 2.24) is 9.80 Å². The number of piperazine rings is 1. The standard InChI is InChI=1S/C24H35N5O2.HI/c1-30-22-11-10-21(18-23(22)31-2)27-24(25)26-12-6-7-13-28-14-16-29(17-15-28)19-20-8-4-3-5-9-20;/h3-5,8-11,18H,6-7,12-17,19H2,1-2H3,(H3,25,26,27);1H. The monoisotopic (exact) mass is 553 g/mol. The average Bonchev–Trinajstić information content (AvgIpc) is 2.80. The SMILES string of the molecule is COc1ccc(NC(N)=NCCCCN2CCN(Cc3ccccc3)CC2)cc1OC.I. The third-order valence-corrected chi connectivity index (χ3v) is 5.53. The van der Waals surface area contributed by atoms with Gasteiger partial charge < -0.3 is 25.4 Å². The van der Waals surface area contributed by atoms with Gasteiger partial charge >= 0.3 is 0 Å². The van der Waals surface area contributed by atoms with E-state index in [1.54, 1.807) is 14.2 Å². The van der Waals surface area contributed by atoms with E-state index < -0.39 is 0 Å². The normalized spacial score (nSPS) is 15.1. The molecule has 3 rings (SSSR count). The van der Waals surface area contributed by atoms with Crippen molar-refractivity contribution in [3.63, 3.8) is 0 Å². The lowest BCUT2D eigenvalue weighted by molar-refractivity contribution is 0.126. The number of anilines is 1. The molecule has 0 saturated carbocycles. The molecule has 0 spiro atoms. The maximum absolute atomic E-state index is 6.02. The van der Waals surface area contributed by atoms with Crippen molar-refractivity contribution in [2.24, 2.45) is 10.7 Å². The van der Waals surface area contributed by atoms with Gasteiger partial charge in [0.25, 0.3) is 0 Å². The number of nitrogens with zero attached hydrogens (tertiary/aromatic N) is 3. The van der Waals surface area contributed by atoms with Gasteiger partial charge in [0, 0.05) is 51.0 Å². The lowest BCUT2D eigenvalue weighted by Gasteiger charge is -2.34. The van der Waals surface area contributed by atoms with Crippen LogP contribution in [-0.2, 0) is 6.54 Å². The summed E-state index contributed by atoms with van der Waals surface area (Å²) in [6, 6.07) is 16.3. The molecule has 1 aliphatic heterocycles. The molecular weight excluding hydrogens is 517 g/mol. The number of unbranched alkanes of at least 4 members (excludes halogenated alkanes) is 1. The van der Waals surface area contributed by atoms with E-state index in [1.165, 1.54) is 5.56 Å². The number of hydrogen-bond donors (Lipinski definition) is 2. The number of hydrogen-bond acceptors (Lipinski definition) is 5. The molecule has 0 amide bonds. The molecule has 3 N–H and O–H groups in total. The highest BCUT2D eigenvalue weighted by Crippen LogP contribution is 2.29. The highest BCUT2D eigenvalue weighted by atomic mass is 127. The Kier molecular flexibility index (Phi) is 11.6. The summed E-state index contributed by atoms with van der Waals surface area (Å²) in [6.07, 6.45) is 2.16. The van der Waals surface area contributed by atoms with Crippen LogP contribution in [0.4, 0.5) is 5.69 Å². The molecule has 1 saturated heterocycles. The Bertz CT molecular complexity index is 826. The van der Waals surface area contributed by atoms with E-state index in [9.17, 15) is 0 Å². The van der Waals surface area contributed by atoms with E-state index in [0.717, 1.165) is 64.3 Å². The molecule has 2 aromatic carbocycles. The van der Waals surface area contributed by atoms with Gasteiger partial charge in [-0.2, -0.15) is 0 Å². The van der Waals surface area contributed by atoms with Crippen LogP contribution < -0.4 is 20.5 Å². The van der Waals surface area contributed by atoms with Crippen molar-refractivity contribution in [2.75, 3.05) is 58.8 Å². The summed E-state index contributed by atoms with van der Waals surface area (Å²) in [5.74, 6) is 1.76. The molecule has 8 heteroatoms. The van der Waals surface area contributed by atoms with E-state index >= 15 is 0 Å². The molecule has 32 heavy (non-hydrogen) atoms. The second kappa shape index (κ2) is 14.2. The quantitative estimate of drug-likeness (QED) is 0.203. The number of nitrogens with two attached hydrogens (primary N) is 1. The van der Waals surface area contributed by atoms with Gasteiger partial charge in [-0.25, -0.2) is 0 Å². The summed E-state index contributed by atoms with van der Waals surface area (Å²) in [4.78, 5) is 9.53. The number of aliphatic imine (C=N–C) groups is 1. The average molecular weight is 553 g/mol. The molecule has 176 valence electrons. The summed E-state index contributed by atoms with van der Waals surface area (Å²) in [6.45, 7) is 7.44. The zero-order valence-electron chi connectivity index (χ0n) is 19.1. The van der Waals surface area contributed by atoms with Crippen molar-refractivity contribution in [1.29, 1.82) is 0 Å².